The van der Waals surface area contributed by atoms with E-state index in [0.29, 0.717) is 0 Å². The predicted molar refractivity (Wildman–Crippen MR) is 352 cm³/mol. The fourth-order valence-electron chi connectivity index (χ4n) is 11.4. The van der Waals surface area contributed by atoms with Crippen LogP contribution in [0.4, 0.5) is 34.1 Å². The quantitative estimate of drug-likeness (QED) is 0.109. The monoisotopic (exact) mass is 1070 g/mol. The molecule has 0 saturated heterocycles. The zero-order valence-corrected chi connectivity index (χ0v) is 46.1. The van der Waals surface area contributed by atoms with E-state index in [2.05, 4.69) is 325 Å². The highest BCUT2D eigenvalue weighted by atomic mass is 15.1. The lowest BCUT2D eigenvalue weighted by Crippen LogP contribution is -2.10. The van der Waals surface area contributed by atoms with Gasteiger partial charge in [0.15, 0.2) is 0 Å². The summed E-state index contributed by atoms with van der Waals surface area (Å²) in [5, 5.41) is 0. The van der Waals surface area contributed by atoms with E-state index in [4.69, 9.17) is 9.97 Å². The van der Waals surface area contributed by atoms with E-state index in [0.717, 1.165) is 101 Å². The minimum absolute atomic E-state index is 0.811. The summed E-state index contributed by atoms with van der Waals surface area (Å²) in [6, 6.07) is 121. The standard InChI is InChI=1S/C80H56N4/c1-5-19-57(20-6-1)61-37-45-71(46-38-61)83(75-33-17-31-69(55-75)67-29-15-27-65(53-67)59-23-9-3-10-24-59)73-49-41-63(42-50-73)79-80(82-78-36-14-13-35-77(78)81-79)64-43-51-74(52-44-64)84(72-47-39-62(40-48-72)58-21-7-2-8-22-58)76-34-18-32-70(56-76)68-30-16-28-66(54-68)60-25-11-4-12-26-60/h1-56H. The van der Waals surface area contributed by atoms with Crippen molar-refractivity contribution in [3.05, 3.63) is 340 Å². The van der Waals surface area contributed by atoms with Gasteiger partial charge in [-0.2, -0.15) is 0 Å². The van der Waals surface area contributed by atoms with Gasteiger partial charge in [0, 0.05) is 45.3 Å². The third-order valence-corrected chi connectivity index (χ3v) is 15.6. The molecule has 0 unspecified atom stereocenters. The molecule has 0 aliphatic heterocycles. The first kappa shape index (κ1) is 51.0. The van der Waals surface area contributed by atoms with Crippen LogP contribution in [0, 0.1) is 0 Å². The maximum Gasteiger partial charge on any atom is 0.0973 e. The Labute approximate surface area is 491 Å². The number of fused-ring (bicyclic) bond motifs is 1. The van der Waals surface area contributed by atoms with Crippen molar-refractivity contribution < 1.29 is 0 Å². The Morgan fingerprint density at radius 3 is 0.702 bits per heavy atom. The maximum absolute atomic E-state index is 5.39. The van der Waals surface area contributed by atoms with Gasteiger partial charge in [-0.05, 0) is 164 Å². The Morgan fingerprint density at radius 2 is 0.381 bits per heavy atom. The lowest BCUT2D eigenvalue weighted by molar-refractivity contribution is 1.26. The van der Waals surface area contributed by atoms with Crippen molar-refractivity contribution >= 4 is 45.2 Å². The van der Waals surface area contributed by atoms with Crippen molar-refractivity contribution in [3.63, 3.8) is 0 Å². The summed E-state index contributed by atoms with van der Waals surface area (Å²) in [6.07, 6.45) is 0. The van der Waals surface area contributed by atoms with E-state index in [1.807, 2.05) is 24.3 Å². The van der Waals surface area contributed by atoms with Crippen molar-refractivity contribution in [2.24, 2.45) is 0 Å². The molecule has 0 spiro atoms. The molecule has 0 N–H and O–H groups in total. The summed E-state index contributed by atoms with van der Waals surface area (Å²) in [6.45, 7) is 0. The topological polar surface area (TPSA) is 32.3 Å². The van der Waals surface area contributed by atoms with E-state index in [9.17, 15) is 0 Å². The molecule has 4 heteroatoms. The Hall–Kier alpha value is -11.2. The third-order valence-electron chi connectivity index (χ3n) is 15.6. The van der Waals surface area contributed by atoms with Gasteiger partial charge < -0.3 is 9.80 Å². The molecule has 0 fully saturated rings. The van der Waals surface area contributed by atoms with Crippen LogP contribution < -0.4 is 9.80 Å². The van der Waals surface area contributed by atoms with Crippen molar-refractivity contribution in [2.45, 2.75) is 0 Å². The van der Waals surface area contributed by atoms with Gasteiger partial charge in [-0.25, -0.2) is 9.97 Å². The summed E-state index contributed by atoms with van der Waals surface area (Å²) in [4.78, 5) is 15.5. The van der Waals surface area contributed by atoms with Gasteiger partial charge in [0.05, 0.1) is 22.4 Å². The highest BCUT2D eigenvalue weighted by Crippen LogP contribution is 2.43. The van der Waals surface area contributed by atoms with Crippen LogP contribution in [-0.2, 0) is 0 Å². The minimum atomic E-state index is 0.811. The number of rotatable bonds is 14. The molecule has 4 nitrogen and oxygen atoms in total. The third kappa shape index (κ3) is 10.7. The first-order chi connectivity index (χ1) is 41.6. The molecule has 396 valence electrons. The molecule has 0 aliphatic rings. The van der Waals surface area contributed by atoms with Gasteiger partial charge in [-0.1, -0.05) is 243 Å². The van der Waals surface area contributed by atoms with Crippen molar-refractivity contribution in [2.75, 3.05) is 9.80 Å². The summed E-state index contributed by atoms with van der Waals surface area (Å²) < 4.78 is 0. The molecule has 0 aliphatic carbocycles. The van der Waals surface area contributed by atoms with Crippen LogP contribution in [0.15, 0.2) is 340 Å². The summed E-state index contributed by atoms with van der Waals surface area (Å²) in [5.41, 5.74) is 25.5. The smallest absolute Gasteiger partial charge is 0.0973 e. The van der Waals surface area contributed by atoms with E-state index in [1.165, 1.54) is 33.4 Å². The van der Waals surface area contributed by atoms with Crippen LogP contribution in [0.1, 0.15) is 0 Å². The molecule has 13 aromatic carbocycles. The largest absolute Gasteiger partial charge is 0.310 e. The van der Waals surface area contributed by atoms with E-state index in [-0.39, 0.29) is 0 Å². The molecule has 0 radical (unpaired) electrons. The molecule has 0 bridgehead atoms. The SMILES string of the molecule is c1ccc(-c2ccc(N(c3ccc(-c4nc5ccccc5nc4-c4ccc(N(c5ccc(-c6ccccc6)cc5)c5cccc(-c6cccc(-c7ccccc7)c6)c5)cc4)cc3)c3cccc(-c4cccc(-c5ccccc5)c4)c3)cc2)cc1. The normalized spacial score (nSPS) is 11.1. The van der Waals surface area contributed by atoms with E-state index in [1.54, 1.807) is 0 Å². The Bertz CT molecular complexity index is 4250. The zero-order chi connectivity index (χ0) is 56.0. The summed E-state index contributed by atoms with van der Waals surface area (Å²) in [7, 11) is 0. The Morgan fingerprint density at radius 1 is 0.155 bits per heavy atom. The second-order valence-electron chi connectivity index (χ2n) is 21.0. The number of hydrogen-bond donors (Lipinski definition) is 0. The Balaban J connectivity index is 0.833. The van der Waals surface area contributed by atoms with Crippen molar-refractivity contribution in [3.8, 4) is 89.3 Å². The average Bonchev–Trinajstić information content (AvgIpc) is 3.14. The Kier molecular flexibility index (Phi) is 14.0. The van der Waals surface area contributed by atoms with Gasteiger partial charge in [0.25, 0.3) is 0 Å². The number of aromatic nitrogens is 2. The molecule has 1 heterocycles. The first-order valence-electron chi connectivity index (χ1n) is 28.5. The average molecular weight is 1070 g/mol. The van der Waals surface area contributed by atoms with E-state index >= 15 is 0 Å². The molecule has 0 amide bonds. The van der Waals surface area contributed by atoms with Gasteiger partial charge >= 0.3 is 0 Å². The van der Waals surface area contributed by atoms with Crippen LogP contribution in [0.2, 0.25) is 0 Å². The number of hydrogen-bond acceptors (Lipinski definition) is 4. The van der Waals surface area contributed by atoms with Crippen LogP contribution in [0.3, 0.4) is 0 Å². The molecule has 0 atom stereocenters. The summed E-state index contributed by atoms with van der Waals surface area (Å²) in [5.74, 6) is 0. The molecule has 14 rings (SSSR count). The fraction of sp³-hybridized carbons (Fsp3) is 0. The second kappa shape index (κ2) is 23.1. The number of para-hydroxylation sites is 2. The van der Waals surface area contributed by atoms with Crippen LogP contribution in [0.5, 0.6) is 0 Å². The van der Waals surface area contributed by atoms with Crippen LogP contribution >= 0.6 is 0 Å². The highest BCUT2D eigenvalue weighted by Gasteiger charge is 2.20. The molecular weight excluding hydrogens is 1020 g/mol. The summed E-state index contributed by atoms with van der Waals surface area (Å²) >= 11 is 0. The maximum atomic E-state index is 5.39. The zero-order valence-electron chi connectivity index (χ0n) is 46.1. The lowest BCUT2D eigenvalue weighted by Gasteiger charge is -2.27. The minimum Gasteiger partial charge on any atom is -0.310 e. The number of anilines is 6. The predicted octanol–water partition coefficient (Wildman–Crippen LogP) is 21.9. The van der Waals surface area contributed by atoms with E-state index < -0.39 is 0 Å². The second-order valence-corrected chi connectivity index (χ2v) is 21.0. The molecule has 14 aromatic rings. The van der Waals surface area contributed by atoms with Gasteiger partial charge in [0.1, 0.15) is 0 Å². The van der Waals surface area contributed by atoms with Crippen molar-refractivity contribution in [1.29, 1.82) is 0 Å². The number of benzene rings is 13. The van der Waals surface area contributed by atoms with Gasteiger partial charge in [-0.3, -0.25) is 0 Å². The molecule has 0 saturated carbocycles. The molecular formula is C80H56N4. The van der Waals surface area contributed by atoms with Crippen LogP contribution in [-0.4, -0.2) is 9.97 Å². The first-order valence-corrected chi connectivity index (χ1v) is 28.5. The van der Waals surface area contributed by atoms with Gasteiger partial charge in [0.2, 0.25) is 0 Å². The fourth-order valence-corrected chi connectivity index (χ4v) is 11.4. The highest BCUT2D eigenvalue weighted by molar-refractivity contribution is 5.90. The van der Waals surface area contributed by atoms with Gasteiger partial charge in [-0.15, -0.1) is 0 Å². The lowest BCUT2D eigenvalue weighted by atomic mass is 9.98. The van der Waals surface area contributed by atoms with Crippen LogP contribution in [0.25, 0.3) is 100 Å². The van der Waals surface area contributed by atoms with Crippen molar-refractivity contribution in [1.82, 2.24) is 9.97 Å². The molecule has 1 aromatic heterocycles. The molecule has 84 heavy (non-hydrogen) atoms. The number of nitrogens with zero attached hydrogens (tertiary/aromatic N) is 4.